The summed E-state index contributed by atoms with van der Waals surface area (Å²) in [6, 6.07) is 0. The molecule has 0 bridgehead atoms. The summed E-state index contributed by atoms with van der Waals surface area (Å²) in [5, 5.41) is 10.2. The van der Waals surface area contributed by atoms with Crippen LogP contribution in [0.2, 0.25) is 0 Å². The van der Waals surface area contributed by atoms with Gasteiger partial charge in [0.15, 0.2) is 5.82 Å². The largest absolute Gasteiger partial charge is 0.370 e. The van der Waals surface area contributed by atoms with E-state index < -0.39 is 0 Å². The molecular formula is C12H18N6O. The molecule has 0 saturated carbocycles. The highest BCUT2D eigenvalue weighted by molar-refractivity contribution is 5.56. The zero-order valence-corrected chi connectivity index (χ0v) is 11.4. The van der Waals surface area contributed by atoms with Crippen molar-refractivity contribution in [2.24, 2.45) is 0 Å². The second-order valence-corrected chi connectivity index (χ2v) is 4.21. The van der Waals surface area contributed by atoms with Crippen LogP contribution in [0.25, 0.3) is 0 Å². The second kappa shape index (κ2) is 6.12. The summed E-state index contributed by atoms with van der Waals surface area (Å²) in [5.74, 6) is 2.78. The number of aryl methyl sites for hydroxylation is 1. The number of anilines is 2. The molecule has 2 aromatic heterocycles. The first-order chi connectivity index (χ1) is 9.20. The van der Waals surface area contributed by atoms with Gasteiger partial charge in [0.05, 0.1) is 6.54 Å². The molecule has 0 atom stereocenters. The Kier molecular flexibility index (Phi) is 4.27. The molecule has 2 N–H and O–H groups in total. The Balaban J connectivity index is 2.03. The molecule has 0 saturated heterocycles. The third-order valence-electron chi connectivity index (χ3n) is 2.60. The molecule has 7 heteroatoms. The van der Waals surface area contributed by atoms with E-state index in [0.29, 0.717) is 18.3 Å². The molecule has 102 valence electrons. The molecule has 0 aliphatic rings. The van der Waals surface area contributed by atoms with Gasteiger partial charge >= 0.3 is 0 Å². The van der Waals surface area contributed by atoms with Gasteiger partial charge < -0.3 is 15.2 Å². The molecule has 2 heterocycles. The van der Waals surface area contributed by atoms with Crippen LogP contribution >= 0.6 is 0 Å². The van der Waals surface area contributed by atoms with E-state index in [2.05, 4.69) is 37.7 Å². The fraction of sp³-hybridized carbons (Fsp3) is 0.500. The molecule has 0 spiro atoms. The Bertz CT molecular complexity index is 539. The first-order valence-corrected chi connectivity index (χ1v) is 6.29. The molecule has 0 fully saturated rings. The van der Waals surface area contributed by atoms with Gasteiger partial charge in [-0.25, -0.2) is 9.97 Å². The average molecular weight is 262 g/mol. The predicted molar refractivity (Wildman–Crippen MR) is 71.9 cm³/mol. The highest BCUT2D eigenvalue weighted by Gasteiger charge is 2.08. The molecule has 0 aliphatic carbocycles. The minimum atomic E-state index is 0.450. The van der Waals surface area contributed by atoms with Gasteiger partial charge in [-0.05, 0) is 20.3 Å². The number of hydrogen-bond donors (Lipinski definition) is 2. The first-order valence-electron chi connectivity index (χ1n) is 6.29. The highest BCUT2D eigenvalue weighted by atomic mass is 16.5. The van der Waals surface area contributed by atoms with Crippen molar-refractivity contribution < 1.29 is 4.52 Å². The van der Waals surface area contributed by atoms with Gasteiger partial charge in [0.25, 0.3) is 0 Å². The van der Waals surface area contributed by atoms with Crippen molar-refractivity contribution in [3.05, 3.63) is 23.6 Å². The maximum atomic E-state index is 5.04. The van der Waals surface area contributed by atoms with Crippen LogP contribution in [-0.2, 0) is 6.54 Å². The maximum absolute atomic E-state index is 5.04. The van der Waals surface area contributed by atoms with Crippen LogP contribution in [0.1, 0.15) is 30.6 Å². The smallest absolute Gasteiger partial charge is 0.245 e. The van der Waals surface area contributed by atoms with Crippen LogP contribution in [-0.4, -0.2) is 26.7 Å². The van der Waals surface area contributed by atoms with Crippen LogP contribution in [0.15, 0.2) is 10.9 Å². The standard InChI is InChI=1S/C12H18N6O/c1-4-5-13-11-8(2)12(16-7-15-11)14-6-10-17-9(3)18-19-10/h7H,4-6H2,1-3H3,(H2,13,14,15,16). The SMILES string of the molecule is CCCNc1ncnc(NCc2nc(C)no2)c1C. The molecule has 7 nitrogen and oxygen atoms in total. The molecular weight excluding hydrogens is 244 g/mol. The summed E-state index contributed by atoms with van der Waals surface area (Å²) in [7, 11) is 0. The fourth-order valence-electron chi connectivity index (χ4n) is 1.62. The van der Waals surface area contributed by atoms with Crippen molar-refractivity contribution in [2.45, 2.75) is 33.7 Å². The lowest BCUT2D eigenvalue weighted by atomic mass is 10.3. The summed E-state index contributed by atoms with van der Waals surface area (Å²) >= 11 is 0. The van der Waals surface area contributed by atoms with E-state index in [-0.39, 0.29) is 0 Å². The number of aromatic nitrogens is 4. The van der Waals surface area contributed by atoms with Gasteiger partial charge in [-0.1, -0.05) is 12.1 Å². The van der Waals surface area contributed by atoms with Crippen LogP contribution in [0.4, 0.5) is 11.6 Å². The predicted octanol–water partition coefficient (Wildman–Crippen LogP) is 1.91. The summed E-state index contributed by atoms with van der Waals surface area (Å²) < 4.78 is 5.04. The lowest BCUT2D eigenvalue weighted by Crippen LogP contribution is -2.09. The molecule has 0 radical (unpaired) electrons. The van der Waals surface area contributed by atoms with Crippen molar-refractivity contribution in [3.63, 3.8) is 0 Å². The zero-order chi connectivity index (χ0) is 13.7. The Labute approximate surface area is 111 Å². The van der Waals surface area contributed by atoms with Crippen molar-refractivity contribution >= 4 is 11.6 Å². The molecule has 0 amide bonds. The molecule has 0 unspecified atom stereocenters. The second-order valence-electron chi connectivity index (χ2n) is 4.21. The lowest BCUT2D eigenvalue weighted by molar-refractivity contribution is 0.379. The van der Waals surface area contributed by atoms with Crippen molar-refractivity contribution in [1.29, 1.82) is 0 Å². The molecule has 0 aromatic carbocycles. The van der Waals surface area contributed by atoms with E-state index >= 15 is 0 Å². The van der Waals surface area contributed by atoms with Crippen molar-refractivity contribution in [3.8, 4) is 0 Å². The summed E-state index contributed by atoms with van der Waals surface area (Å²) in [6.45, 7) is 7.21. The van der Waals surface area contributed by atoms with E-state index in [9.17, 15) is 0 Å². The van der Waals surface area contributed by atoms with Gasteiger partial charge in [-0.15, -0.1) is 0 Å². The summed E-state index contributed by atoms with van der Waals surface area (Å²) in [4.78, 5) is 12.6. The quantitative estimate of drug-likeness (QED) is 0.821. The summed E-state index contributed by atoms with van der Waals surface area (Å²) in [6.07, 6.45) is 2.58. The Morgan fingerprint density at radius 1 is 1.16 bits per heavy atom. The minimum absolute atomic E-state index is 0.450. The molecule has 2 aromatic rings. The first kappa shape index (κ1) is 13.3. The van der Waals surface area contributed by atoms with Crippen LogP contribution in [0.3, 0.4) is 0 Å². The number of nitrogens with one attached hydrogen (secondary N) is 2. The average Bonchev–Trinajstić information content (AvgIpc) is 2.82. The molecule has 0 aliphatic heterocycles. The normalized spacial score (nSPS) is 10.5. The highest BCUT2D eigenvalue weighted by Crippen LogP contribution is 2.18. The van der Waals surface area contributed by atoms with E-state index in [1.54, 1.807) is 6.92 Å². The Morgan fingerprint density at radius 2 is 1.89 bits per heavy atom. The summed E-state index contributed by atoms with van der Waals surface area (Å²) in [5.41, 5.74) is 0.979. The maximum Gasteiger partial charge on any atom is 0.245 e. The van der Waals surface area contributed by atoms with Gasteiger partial charge in [-0.3, -0.25) is 0 Å². The minimum Gasteiger partial charge on any atom is -0.370 e. The van der Waals surface area contributed by atoms with E-state index in [1.165, 1.54) is 6.33 Å². The zero-order valence-electron chi connectivity index (χ0n) is 11.4. The number of hydrogen-bond acceptors (Lipinski definition) is 7. The van der Waals surface area contributed by atoms with Crippen LogP contribution < -0.4 is 10.6 Å². The third-order valence-corrected chi connectivity index (χ3v) is 2.60. The molecule has 2 rings (SSSR count). The Morgan fingerprint density at radius 3 is 2.53 bits per heavy atom. The lowest BCUT2D eigenvalue weighted by Gasteiger charge is -2.11. The number of rotatable bonds is 6. The van der Waals surface area contributed by atoms with Crippen molar-refractivity contribution in [2.75, 3.05) is 17.2 Å². The Hall–Kier alpha value is -2.18. The van der Waals surface area contributed by atoms with Crippen molar-refractivity contribution in [1.82, 2.24) is 20.1 Å². The van der Waals surface area contributed by atoms with Gasteiger partial charge in [-0.2, -0.15) is 4.98 Å². The van der Waals surface area contributed by atoms with Gasteiger partial charge in [0.1, 0.15) is 18.0 Å². The van der Waals surface area contributed by atoms with Crippen LogP contribution in [0.5, 0.6) is 0 Å². The topological polar surface area (TPSA) is 88.8 Å². The fourth-order valence-corrected chi connectivity index (χ4v) is 1.62. The van der Waals surface area contributed by atoms with Gasteiger partial charge in [0, 0.05) is 12.1 Å². The molecule has 19 heavy (non-hydrogen) atoms. The van der Waals surface area contributed by atoms with E-state index in [1.807, 2.05) is 6.92 Å². The van der Waals surface area contributed by atoms with Gasteiger partial charge in [0.2, 0.25) is 5.89 Å². The monoisotopic (exact) mass is 262 g/mol. The van der Waals surface area contributed by atoms with E-state index in [0.717, 1.165) is 30.2 Å². The van der Waals surface area contributed by atoms with E-state index in [4.69, 9.17) is 4.52 Å². The third kappa shape index (κ3) is 3.40. The van der Waals surface area contributed by atoms with Crippen LogP contribution in [0, 0.1) is 13.8 Å². The number of nitrogens with zero attached hydrogens (tertiary/aromatic N) is 4.